The van der Waals surface area contributed by atoms with Crippen molar-refractivity contribution >= 4 is 33.4 Å². The summed E-state index contributed by atoms with van der Waals surface area (Å²) < 4.78 is 14.0. The summed E-state index contributed by atoms with van der Waals surface area (Å²) >= 11 is 8.91. The maximum Gasteiger partial charge on any atom is 0.254 e. The summed E-state index contributed by atoms with van der Waals surface area (Å²) in [4.78, 5) is 11.6. The van der Waals surface area contributed by atoms with Crippen LogP contribution in [0, 0.1) is 5.82 Å². The molecule has 1 aromatic rings. The normalized spacial score (nSPS) is 12.2. The van der Waals surface area contributed by atoms with Crippen LogP contribution in [0.4, 0.5) is 4.39 Å². The molecule has 17 heavy (non-hydrogen) atoms. The van der Waals surface area contributed by atoms with Gasteiger partial charge in [-0.25, -0.2) is 4.39 Å². The van der Waals surface area contributed by atoms with Gasteiger partial charge in [0.2, 0.25) is 0 Å². The van der Waals surface area contributed by atoms with Gasteiger partial charge in [-0.1, -0.05) is 15.9 Å². The zero-order chi connectivity index (χ0) is 12.8. The van der Waals surface area contributed by atoms with Crippen LogP contribution in [0.15, 0.2) is 22.7 Å². The highest BCUT2D eigenvalue weighted by atomic mass is 79.9. The van der Waals surface area contributed by atoms with Gasteiger partial charge in [0.1, 0.15) is 5.82 Å². The van der Waals surface area contributed by atoms with Crippen molar-refractivity contribution < 1.29 is 9.18 Å². The van der Waals surface area contributed by atoms with E-state index in [9.17, 15) is 9.18 Å². The molecule has 0 aliphatic carbocycles. The first-order valence-corrected chi connectivity index (χ1v) is 6.61. The average molecular weight is 323 g/mol. The summed E-state index contributed by atoms with van der Waals surface area (Å²) in [5.74, 6) is -0.917. The van der Waals surface area contributed by atoms with E-state index in [4.69, 9.17) is 11.6 Å². The maximum atomic E-state index is 13.4. The maximum absolute atomic E-state index is 13.4. The number of halogens is 3. The zero-order valence-electron chi connectivity index (χ0n) is 9.47. The van der Waals surface area contributed by atoms with E-state index >= 15 is 0 Å². The number of alkyl halides is 1. The molecule has 1 N–H and O–H groups in total. The Bertz CT molecular complexity index is 398. The second-order valence-corrected chi connectivity index (χ2v) is 5.46. The van der Waals surface area contributed by atoms with Gasteiger partial charge in [0, 0.05) is 16.4 Å². The Kier molecular flexibility index (Phi) is 5.92. The topological polar surface area (TPSA) is 29.1 Å². The molecule has 1 unspecified atom stereocenters. The summed E-state index contributed by atoms with van der Waals surface area (Å²) in [6, 6.07) is 4.37. The molecule has 1 atom stereocenters. The molecule has 0 heterocycles. The van der Waals surface area contributed by atoms with Crippen molar-refractivity contribution in [3.8, 4) is 0 Å². The molecule has 0 aliphatic heterocycles. The molecule has 0 spiro atoms. The lowest BCUT2D eigenvalue weighted by Crippen LogP contribution is -2.25. The summed E-state index contributed by atoms with van der Waals surface area (Å²) in [7, 11) is 0. The number of nitrogens with one attached hydrogen (secondary N) is 1. The first-order valence-electron chi connectivity index (χ1n) is 5.38. The van der Waals surface area contributed by atoms with Crippen LogP contribution < -0.4 is 5.32 Å². The quantitative estimate of drug-likeness (QED) is 0.649. The number of carbonyl (C=O) groups is 1. The van der Waals surface area contributed by atoms with Gasteiger partial charge in [-0.05, 0) is 38.0 Å². The Morgan fingerprint density at radius 2 is 2.29 bits per heavy atom. The SMILES string of the molecule is CC(Cl)CCCNC(=O)c1ccc(Br)cc1F. The summed E-state index contributed by atoms with van der Waals surface area (Å²) in [6.07, 6.45) is 1.61. The molecular formula is C12H14BrClFNO. The van der Waals surface area contributed by atoms with E-state index in [1.165, 1.54) is 12.1 Å². The van der Waals surface area contributed by atoms with Gasteiger partial charge in [0.15, 0.2) is 0 Å². The van der Waals surface area contributed by atoms with E-state index in [0.717, 1.165) is 12.8 Å². The van der Waals surface area contributed by atoms with Crippen LogP contribution in [0.2, 0.25) is 0 Å². The Morgan fingerprint density at radius 3 is 2.88 bits per heavy atom. The van der Waals surface area contributed by atoms with Crippen molar-refractivity contribution in [1.29, 1.82) is 0 Å². The number of hydrogen-bond acceptors (Lipinski definition) is 1. The molecule has 1 amide bonds. The monoisotopic (exact) mass is 321 g/mol. The second kappa shape index (κ2) is 6.97. The Hall–Kier alpha value is -0.610. The van der Waals surface area contributed by atoms with Crippen LogP contribution in [0.1, 0.15) is 30.1 Å². The molecule has 0 bridgehead atoms. The van der Waals surface area contributed by atoms with E-state index in [0.29, 0.717) is 11.0 Å². The summed E-state index contributed by atoms with van der Waals surface area (Å²) in [6.45, 7) is 2.41. The first kappa shape index (κ1) is 14.5. The van der Waals surface area contributed by atoms with Gasteiger partial charge >= 0.3 is 0 Å². The number of benzene rings is 1. The predicted molar refractivity (Wildman–Crippen MR) is 71.0 cm³/mol. The van der Waals surface area contributed by atoms with Crippen molar-refractivity contribution in [2.24, 2.45) is 0 Å². The van der Waals surface area contributed by atoms with Gasteiger partial charge in [-0.2, -0.15) is 0 Å². The molecule has 5 heteroatoms. The zero-order valence-corrected chi connectivity index (χ0v) is 11.8. The van der Waals surface area contributed by atoms with E-state index in [-0.39, 0.29) is 10.9 Å². The van der Waals surface area contributed by atoms with Crippen molar-refractivity contribution in [3.63, 3.8) is 0 Å². The standard InChI is InChI=1S/C12H14BrClFNO/c1-8(14)3-2-6-16-12(17)10-5-4-9(13)7-11(10)15/h4-5,7-8H,2-3,6H2,1H3,(H,16,17). The van der Waals surface area contributed by atoms with Gasteiger partial charge in [0.05, 0.1) is 5.56 Å². The van der Waals surface area contributed by atoms with Crippen molar-refractivity contribution in [3.05, 3.63) is 34.1 Å². The highest BCUT2D eigenvalue weighted by Crippen LogP contribution is 2.15. The largest absolute Gasteiger partial charge is 0.352 e. The van der Waals surface area contributed by atoms with E-state index in [1.807, 2.05) is 6.92 Å². The number of amides is 1. The molecular weight excluding hydrogens is 308 g/mol. The van der Waals surface area contributed by atoms with Crippen LogP contribution >= 0.6 is 27.5 Å². The molecule has 0 saturated carbocycles. The van der Waals surface area contributed by atoms with Crippen LogP contribution in [-0.4, -0.2) is 17.8 Å². The molecule has 0 saturated heterocycles. The van der Waals surface area contributed by atoms with E-state index in [1.54, 1.807) is 6.07 Å². The number of hydrogen-bond donors (Lipinski definition) is 1. The number of rotatable bonds is 5. The average Bonchev–Trinajstić information content (AvgIpc) is 2.23. The van der Waals surface area contributed by atoms with Crippen LogP contribution in [0.25, 0.3) is 0 Å². The van der Waals surface area contributed by atoms with Crippen LogP contribution in [0.3, 0.4) is 0 Å². The van der Waals surface area contributed by atoms with Gasteiger partial charge in [0.25, 0.3) is 5.91 Å². The minimum atomic E-state index is -0.525. The summed E-state index contributed by atoms with van der Waals surface area (Å²) in [5.41, 5.74) is 0.0621. The lowest BCUT2D eigenvalue weighted by Gasteiger charge is -2.07. The third-order valence-corrected chi connectivity index (χ3v) is 2.95. The second-order valence-electron chi connectivity index (χ2n) is 3.80. The van der Waals surface area contributed by atoms with E-state index in [2.05, 4.69) is 21.2 Å². The fraction of sp³-hybridized carbons (Fsp3) is 0.417. The van der Waals surface area contributed by atoms with Crippen LogP contribution in [0.5, 0.6) is 0 Å². The van der Waals surface area contributed by atoms with E-state index < -0.39 is 11.7 Å². The Morgan fingerprint density at radius 1 is 1.59 bits per heavy atom. The number of carbonyl (C=O) groups excluding carboxylic acids is 1. The predicted octanol–water partition coefficient (Wildman–Crippen LogP) is 3.73. The first-order chi connectivity index (χ1) is 8.00. The minimum absolute atomic E-state index is 0.0621. The Balaban J connectivity index is 2.47. The lowest BCUT2D eigenvalue weighted by molar-refractivity contribution is 0.0949. The smallest absolute Gasteiger partial charge is 0.254 e. The molecule has 2 nitrogen and oxygen atoms in total. The molecule has 0 aromatic heterocycles. The highest BCUT2D eigenvalue weighted by Gasteiger charge is 2.11. The van der Waals surface area contributed by atoms with Crippen molar-refractivity contribution in [2.75, 3.05) is 6.54 Å². The molecule has 0 aliphatic rings. The third kappa shape index (κ3) is 5.04. The van der Waals surface area contributed by atoms with Crippen LogP contribution in [-0.2, 0) is 0 Å². The molecule has 0 radical (unpaired) electrons. The molecule has 94 valence electrons. The minimum Gasteiger partial charge on any atom is -0.352 e. The third-order valence-electron chi connectivity index (χ3n) is 2.24. The fourth-order valence-corrected chi connectivity index (χ4v) is 1.84. The fourth-order valence-electron chi connectivity index (χ4n) is 1.35. The lowest BCUT2D eigenvalue weighted by atomic mass is 10.2. The Labute approximate surface area is 114 Å². The van der Waals surface area contributed by atoms with Gasteiger partial charge in [-0.15, -0.1) is 11.6 Å². The van der Waals surface area contributed by atoms with Gasteiger partial charge < -0.3 is 5.32 Å². The highest BCUT2D eigenvalue weighted by molar-refractivity contribution is 9.10. The van der Waals surface area contributed by atoms with Crippen molar-refractivity contribution in [2.45, 2.75) is 25.1 Å². The molecule has 0 fully saturated rings. The molecule has 1 aromatic carbocycles. The van der Waals surface area contributed by atoms with Gasteiger partial charge in [-0.3, -0.25) is 4.79 Å². The summed E-state index contributed by atoms with van der Waals surface area (Å²) in [5, 5.41) is 2.76. The van der Waals surface area contributed by atoms with Crippen molar-refractivity contribution in [1.82, 2.24) is 5.32 Å². The molecule has 1 rings (SSSR count).